The fraction of sp³-hybridized carbons (Fsp3) is 0.333. The van der Waals surface area contributed by atoms with Crippen molar-refractivity contribution >= 4 is 28.7 Å². The number of carbonyl (C=O) groups excluding carboxylic acids is 2. The van der Waals surface area contributed by atoms with Crippen LogP contribution in [0.1, 0.15) is 9.67 Å². The maximum Gasteiger partial charge on any atom is 0.412 e. The highest BCUT2D eigenvalue weighted by Crippen LogP contribution is 2.20. The Balaban J connectivity index is 2.34. The average Bonchev–Trinajstić information content (AvgIpc) is 2.66. The lowest BCUT2D eigenvalue weighted by Crippen LogP contribution is -2.15. The van der Waals surface area contributed by atoms with Crippen LogP contribution in [0.15, 0.2) is 12.1 Å². The number of anilines is 1. The molecule has 0 aromatic carbocycles. The molecule has 0 atom stereocenters. The number of hydrogen-bond donors (Lipinski definition) is 1. The maximum absolute atomic E-state index is 11.1. The van der Waals surface area contributed by atoms with Crippen molar-refractivity contribution in [2.75, 3.05) is 25.6 Å². The number of aldehydes is 1. The predicted molar refractivity (Wildman–Crippen MR) is 56.6 cm³/mol. The van der Waals surface area contributed by atoms with Gasteiger partial charge in [0.25, 0.3) is 0 Å². The van der Waals surface area contributed by atoms with Crippen LogP contribution in [0, 0.1) is 0 Å². The van der Waals surface area contributed by atoms with Gasteiger partial charge in [0.2, 0.25) is 0 Å². The number of ether oxygens (including phenoxy) is 2. The lowest BCUT2D eigenvalue weighted by Gasteiger charge is -2.03. The van der Waals surface area contributed by atoms with Gasteiger partial charge in [-0.05, 0) is 12.1 Å². The Labute approximate surface area is 91.0 Å². The van der Waals surface area contributed by atoms with Crippen LogP contribution in [0.3, 0.4) is 0 Å². The Morgan fingerprint density at radius 1 is 1.53 bits per heavy atom. The Hall–Kier alpha value is -1.40. The molecule has 0 bridgehead atoms. The summed E-state index contributed by atoms with van der Waals surface area (Å²) in [4.78, 5) is 22.0. The monoisotopic (exact) mass is 229 g/mol. The molecule has 1 rings (SSSR count). The SMILES string of the molecule is COCCOC(=O)Nc1ccc(C=O)s1. The zero-order valence-electron chi connectivity index (χ0n) is 8.19. The summed E-state index contributed by atoms with van der Waals surface area (Å²) in [6.45, 7) is 0.561. The molecule has 0 aliphatic rings. The second kappa shape index (κ2) is 6.15. The molecule has 1 amide bonds. The van der Waals surface area contributed by atoms with E-state index in [0.29, 0.717) is 16.5 Å². The maximum atomic E-state index is 11.1. The highest BCUT2D eigenvalue weighted by molar-refractivity contribution is 7.17. The molecule has 1 heterocycles. The van der Waals surface area contributed by atoms with E-state index >= 15 is 0 Å². The van der Waals surface area contributed by atoms with Crippen molar-refractivity contribution < 1.29 is 19.1 Å². The van der Waals surface area contributed by atoms with E-state index in [-0.39, 0.29) is 6.61 Å². The molecular weight excluding hydrogens is 218 g/mol. The second-order valence-electron chi connectivity index (χ2n) is 2.57. The van der Waals surface area contributed by atoms with Gasteiger partial charge in [-0.2, -0.15) is 0 Å². The van der Waals surface area contributed by atoms with Gasteiger partial charge in [0.05, 0.1) is 16.5 Å². The average molecular weight is 229 g/mol. The summed E-state index contributed by atoms with van der Waals surface area (Å²) in [5.74, 6) is 0. The Morgan fingerprint density at radius 3 is 2.93 bits per heavy atom. The van der Waals surface area contributed by atoms with Gasteiger partial charge >= 0.3 is 6.09 Å². The summed E-state index contributed by atoms with van der Waals surface area (Å²) < 4.78 is 9.49. The predicted octanol–water partition coefficient (Wildman–Crippen LogP) is 1.76. The van der Waals surface area contributed by atoms with Crippen LogP contribution in [-0.2, 0) is 9.47 Å². The topological polar surface area (TPSA) is 64.6 Å². The Bertz CT molecular complexity index is 337. The summed E-state index contributed by atoms with van der Waals surface area (Å²) in [5, 5.41) is 3.08. The van der Waals surface area contributed by atoms with Gasteiger partial charge in [-0.1, -0.05) is 0 Å². The lowest BCUT2D eigenvalue weighted by molar-refractivity contribution is 0.107. The minimum Gasteiger partial charge on any atom is -0.447 e. The number of thiophene rings is 1. The normalized spacial score (nSPS) is 9.67. The second-order valence-corrected chi connectivity index (χ2v) is 3.69. The molecule has 0 spiro atoms. The summed E-state index contributed by atoms with van der Waals surface area (Å²) in [5.41, 5.74) is 0. The Kier molecular flexibility index (Phi) is 4.79. The summed E-state index contributed by atoms with van der Waals surface area (Å²) >= 11 is 1.19. The molecule has 0 saturated heterocycles. The van der Waals surface area contributed by atoms with Crippen molar-refractivity contribution in [2.45, 2.75) is 0 Å². The number of amides is 1. The molecule has 1 aromatic heterocycles. The van der Waals surface area contributed by atoms with Crippen LogP contribution < -0.4 is 5.32 Å². The molecule has 1 aromatic rings. The summed E-state index contributed by atoms with van der Waals surface area (Å²) in [7, 11) is 1.52. The zero-order valence-corrected chi connectivity index (χ0v) is 9.00. The minimum atomic E-state index is -0.550. The fourth-order valence-electron chi connectivity index (χ4n) is 0.838. The molecule has 0 radical (unpaired) electrons. The molecule has 6 heteroatoms. The van der Waals surface area contributed by atoms with E-state index < -0.39 is 6.09 Å². The van der Waals surface area contributed by atoms with Crippen LogP contribution in [0.2, 0.25) is 0 Å². The number of rotatable bonds is 5. The summed E-state index contributed by atoms with van der Waals surface area (Å²) in [6, 6.07) is 3.27. The Morgan fingerprint density at radius 2 is 2.33 bits per heavy atom. The van der Waals surface area contributed by atoms with Crippen molar-refractivity contribution in [3.05, 3.63) is 17.0 Å². The quantitative estimate of drug-likeness (QED) is 0.617. The minimum absolute atomic E-state index is 0.203. The highest BCUT2D eigenvalue weighted by Gasteiger charge is 2.04. The van der Waals surface area contributed by atoms with Gasteiger partial charge in [-0.25, -0.2) is 4.79 Å². The largest absolute Gasteiger partial charge is 0.447 e. The first-order chi connectivity index (χ1) is 7.26. The molecule has 0 aliphatic carbocycles. The number of carbonyl (C=O) groups is 2. The summed E-state index contributed by atoms with van der Waals surface area (Å²) in [6.07, 6.45) is 0.179. The van der Waals surface area contributed by atoms with E-state index in [1.165, 1.54) is 18.4 Å². The lowest BCUT2D eigenvalue weighted by atomic mass is 10.5. The fourth-order valence-corrected chi connectivity index (χ4v) is 1.55. The van der Waals surface area contributed by atoms with Crippen LogP contribution in [0.4, 0.5) is 9.80 Å². The number of methoxy groups -OCH3 is 1. The van der Waals surface area contributed by atoms with Crippen LogP contribution in [-0.4, -0.2) is 32.7 Å². The highest BCUT2D eigenvalue weighted by atomic mass is 32.1. The molecule has 15 heavy (non-hydrogen) atoms. The van der Waals surface area contributed by atoms with Crippen molar-refractivity contribution in [1.82, 2.24) is 0 Å². The van der Waals surface area contributed by atoms with Gasteiger partial charge in [-0.15, -0.1) is 11.3 Å². The molecule has 5 nitrogen and oxygen atoms in total. The van der Waals surface area contributed by atoms with Crippen molar-refractivity contribution in [3.63, 3.8) is 0 Å². The number of hydrogen-bond acceptors (Lipinski definition) is 5. The van der Waals surface area contributed by atoms with Crippen molar-refractivity contribution in [1.29, 1.82) is 0 Å². The molecule has 0 saturated carbocycles. The van der Waals surface area contributed by atoms with Crippen LogP contribution >= 0.6 is 11.3 Å². The van der Waals surface area contributed by atoms with E-state index in [2.05, 4.69) is 5.32 Å². The number of nitrogens with one attached hydrogen (secondary N) is 1. The molecule has 0 aliphatic heterocycles. The third-order valence-corrected chi connectivity index (χ3v) is 2.41. The van der Waals surface area contributed by atoms with E-state index in [9.17, 15) is 9.59 Å². The molecule has 0 fully saturated rings. The molecule has 82 valence electrons. The first-order valence-corrected chi connectivity index (χ1v) is 5.05. The third kappa shape index (κ3) is 4.09. The van der Waals surface area contributed by atoms with E-state index in [1.54, 1.807) is 12.1 Å². The van der Waals surface area contributed by atoms with Crippen LogP contribution in [0.5, 0.6) is 0 Å². The van der Waals surface area contributed by atoms with Gasteiger partial charge in [-0.3, -0.25) is 10.1 Å². The van der Waals surface area contributed by atoms with Crippen LogP contribution in [0.25, 0.3) is 0 Å². The molecule has 1 N–H and O–H groups in total. The molecular formula is C9H11NO4S. The van der Waals surface area contributed by atoms with Gasteiger partial charge < -0.3 is 9.47 Å². The standard InChI is InChI=1S/C9H11NO4S/c1-13-4-5-14-9(12)10-8-3-2-7(6-11)15-8/h2-3,6H,4-5H2,1H3,(H,10,12). The van der Waals surface area contributed by atoms with E-state index in [1.807, 2.05) is 0 Å². The smallest absolute Gasteiger partial charge is 0.412 e. The van der Waals surface area contributed by atoms with E-state index in [0.717, 1.165) is 6.29 Å². The third-order valence-electron chi connectivity index (χ3n) is 1.49. The van der Waals surface area contributed by atoms with Gasteiger partial charge in [0, 0.05) is 7.11 Å². The van der Waals surface area contributed by atoms with Crippen molar-refractivity contribution in [2.24, 2.45) is 0 Å². The first kappa shape index (κ1) is 11.7. The van der Waals surface area contributed by atoms with Crippen molar-refractivity contribution in [3.8, 4) is 0 Å². The molecule has 0 unspecified atom stereocenters. The van der Waals surface area contributed by atoms with Gasteiger partial charge in [0.1, 0.15) is 6.61 Å². The van der Waals surface area contributed by atoms with Gasteiger partial charge in [0.15, 0.2) is 6.29 Å². The van der Waals surface area contributed by atoms with E-state index in [4.69, 9.17) is 9.47 Å². The first-order valence-electron chi connectivity index (χ1n) is 4.24. The zero-order chi connectivity index (χ0) is 11.1.